The number of nitrogens with one attached hydrogen (secondary N) is 1. The Balaban J connectivity index is 1.67. The van der Waals surface area contributed by atoms with Crippen LogP contribution >= 0.6 is 0 Å². The van der Waals surface area contributed by atoms with Gasteiger partial charge in [-0.3, -0.25) is 9.52 Å². The van der Waals surface area contributed by atoms with Crippen LogP contribution in [0.25, 0.3) is 0 Å². The summed E-state index contributed by atoms with van der Waals surface area (Å²) in [5.41, 5.74) is 1.90. The van der Waals surface area contributed by atoms with Crippen LogP contribution in [0.3, 0.4) is 0 Å². The molecule has 0 radical (unpaired) electrons. The summed E-state index contributed by atoms with van der Waals surface area (Å²) in [5, 5.41) is 0. The van der Waals surface area contributed by atoms with Crippen molar-refractivity contribution < 1.29 is 17.9 Å². The molecule has 7 heteroatoms. The number of fused-ring (bicyclic) bond motifs is 1. The fourth-order valence-corrected chi connectivity index (χ4v) is 4.36. The summed E-state index contributed by atoms with van der Waals surface area (Å²) in [5.74, 6) is 0.753. The van der Waals surface area contributed by atoms with E-state index in [1.165, 1.54) is 6.07 Å². The highest BCUT2D eigenvalue weighted by Crippen LogP contribution is 2.32. The summed E-state index contributed by atoms with van der Waals surface area (Å²) in [6.45, 7) is 1.18. The van der Waals surface area contributed by atoms with Crippen LogP contribution in [0.5, 0.6) is 5.75 Å². The maximum Gasteiger partial charge on any atom is 0.261 e. The van der Waals surface area contributed by atoms with Crippen LogP contribution in [-0.4, -0.2) is 27.5 Å². The van der Waals surface area contributed by atoms with E-state index in [0.717, 1.165) is 17.7 Å². The Bertz CT molecular complexity index is 940. The zero-order chi connectivity index (χ0) is 17.4. The van der Waals surface area contributed by atoms with Crippen molar-refractivity contribution in [1.82, 2.24) is 0 Å². The second-order valence-corrected chi connectivity index (χ2v) is 7.82. The van der Waals surface area contributed by atoms with Gasteiger partial charge in [-0.05, 0) is 42.3 Å². The molecule has 2 heterocycles. The standard InChI is InChI=1S/C18H18N2O4S/c21-18-6-3-10-20(18)16-5-2-1-4-15(16)19-25(22,23)14-7-8-17-13(12-14)9-11-24-17/h1-2,4-5,7-8,12,19H,3,6,9-11H2. The zero-order valence-corrected chi connectivity index (χ0v) is 14.4. The number of rotatable bonds is 4. The molecule has 6 nitrogen and oxygen atoms in total. The van der Waals surface area contributed by atoms with Crippen LogP contribution in [0, 0.1) is 0 Å². The lowest BCUT2D eigenvalue weighted by Crippen LogP contribution is -2.25. The predicted molar refractivity (Wildman–Crippen MR) is 94.5 cm³/mol. The van der Waals surface area contributed by atoms with Gasteiger partial charge in [0.2, 0.25) is 5.91 Å². The highest BCUT2D eigenvalue weighted by molar-refractivity contribution is 7.92. The first-order chi connectivity index (χ1) is 12.0. The number of ether oxygens (including phenoxy) is 1. The molecule has 25 heavy (non-hydrogen) atoms. The lowest BCUT2D eigenvalue weighted by Gasteiger charge is -2.20. The molecule has 1 amide bonds. The maximum atomic E-state index is 12.8. The molecule has 0 unspecified atom stereocenters. The second kappa shape index (κ2) is 6.07. The number of sulfonamides is 1. The number of amides is 1. The Morgan fingerprint density at radius 1 is 1.08 bits per heavy atom. The van der Waals surface area contributed by atoms with E-state index >= 15 is 0 Å². The van der Waals surface area contributed by atoms with Gasteiger partial charge < -0.3 is 9.64 Å². The van der Waals surface area contributed by atoms with Crippen LogP contribution in [0.15, 0.2) is 47.4 Å². The summed E-state index contributed by atoms with van der Waals surface area (Å²) in [6.07, 6.45) is 1.98. The minimum atomic E-state index is -3.75. The fourth-order valence-electron chi connectivity index (χ4n) is 3.23. The van der Waals surface area contributed by atoms with E-state index in [4.69, 9.17) is 4.74 Å². The number of carbonyl (C=O) groups excluding carboxylic acids is 1. The van der Waals surface area contributed by atoms with Crippen molar-refractivity contribution in [2.45, 2.75) is 24.2 Å². The lowest BCUT2D eigenvalue weighted by molar-refractivity contribution is -0.117. The van der Waals surface area contributed by atoms with Crippen LogP contribution in [0.2, 0.25) is 0 Å². The van der Waals surface area contributed by atoms with Crippen molar-refractivity contribution in [3.05, 3.63) is 48.0 Å². The topological polar surface area (TPSA) is 75.7 Å². The largest absolute Gasteiger partial charge is 0.493 e. The van der Waals surface area contributed by atoms with Gasteiger partial charge >= 0.3 is 0 Å². The Labute approximate surface area is 146 Å². The molecule has 0 atom stereocenters. The molecule has 2 aliphatic rings. The number of hydrogen-bond donors (Lipinski definition) is 1. The fraction of sp³-hybridized carbons (Fsp3) is 0.278. The Kier molecular flexibility index (Phi) is 3.88. The predicted octanol–water partition coefficient (Wildman–Crippen LogP) is 2.55. The first-order valence-corrected chi connectivity index (χ1v) is 9.71. The van der Waals surface area contributed by atoms with Gasteiger partial charge in [0.1, 0.15) is 5.75 Å². The zero-order valence-electron chi connectivity index (χ0n) is 13.6. The third kappa shape index (κ3) is 2.95. The SMILES string of the molecule is O=C1CCCN1c1ccccc1NS(=O)(=O)c1ccc2c(c1)CCO2. The molecule has 4 rings (SSSR count). The third-order valence-electron chi connectivity index (χ3n) is 4.48. The molecule has 2 aromatic rings. The molecule has 0 spiro atoms. The second-order valence-electron chi connectivity index (χ2n) is 6.14. The minimum absolute atomic E-state index is 0.0151. The van der Waals surface area contributed by atoms with E-state index in [2.05, 4.69) is 4.72 Å². The molecule has 0 saturated carbocycles. The van der Waals surface area contributed by atoms with Gasteiger partial charge in [0.15, 0.2) is 0 Å². The monoisotopic (exact) mass is 358 g/mol. The van der Waals surface area contributed by atoms with E-state index < -0.39 is 10.0 Å². The normalized spacial score (nSPS) is 16.6. The van der Waals surface area contributed by atoms with Crippen molar-refractivity contribution in [2.75, 3.05) is 22.8 Å². The summed E-state index contributed by atoms with van der Waals surface area (Å²) in [4.78, 5) is 13.9. The molecule has 1 N–H and O–H groups in total. The number of carbonyl (C=O) groups is 1. The Hall–Kier alpha value is -2.54. The average Bonchev–Trinajstić information content (AvgIpc) is 3.23. The first kappa shape index (κ1) is 16.0. The first-order valence-electron chi connectivity index (χ1n) is 8.22. The molecule has 0 aromatic heterocycles. The quantitative estimate of drug-likeness (QED) is 0.911. The molecule has 130 valence electrons. The van der Waals surface area contributed by atoms with Crippen molar-refractivity contribution in [3.8, 4) is 5.75 Å². The van der Waals surface area contributed by atoms with Crippen molar-refractivity contribution in [3.63, 3.8) is 0 Å². The molecule has 0 aliphatic carbocycles. The number of anilines is 2. The van der Waals surface area contributed by atoms with Gasteiger partial charge in [-0.1, -0.05) is 12.1 Å². The average molecular weight is 358 g/mol. The van der Waals surface area contributed by atoms with Crippen LogP contribution in [-0.2, 0) is 21.2 Å². The molecule has 0 bridgehead atoms. The van der Waals surface area contributed by atoms with E-state index in [0.29, 0.717) is 37.4 Å². The molecule has 2 aliphatic heterocycles. The molecule has 2 aromatic carbocycles. The maximum absolute atomic E-state index is 12.8. The highest BCUT2D eigenvalue weighted by Gasteiger charge is 2.26. The number of nitrogens with zero attached hydrogens (tertiary/aromatic N) is 1. The summed E-state index contributed by atoms with van der Waals surface area (Å²) < 4.78 is 33.6. The van der Waals surface area contributed by atoms with Gasteiger partial charge in [0.05, 0.1) is 22.9 Å². The number of hydrogen-bond acceptors (Lipinski definition) is 4. The van der Waals surface area contributed by atoms with Crippen molar-refractivity contribution >= 4 is 27.3 Å². The van der Waals surface area contributed by atoms with Crippen molar-refractivity contribution in [2.24, 2.45) is 0 Å². The van der Waals surface area contributed by atoms with Crippen LogP contribution in [0.4, 0.5) is 11.4 Å². The smallest absolute Gasteiger partial charge is 0.261 e. The third-order valence-corrected chi connectivity index (χ3v) is 5.85. The van der Waals surface area contributed by atoms with E-state index in [1.807, 2.05) is 0 Å². The van der Waals surface area contributed by atoms with E-state index in [9.17, 15) is 13.2 Å². The van der Waals surface area contributed by atoms with Gasteiger partial charge in [0, 0.05) is 19.4 Å². The molecule has 1 saturated heterocycles. The van der Waals surface area contributed by atoms with Crippen molar-refractivity contribution in [1.29, 1.82) is 0 Å². The van der Waals surface area contributed by atoms with Gasteiger partial charge in [-0.2, -0.15) is 0 Å². The Morgan fingerprint density at radius 2 is 1.92 bits per heavy atom. The molecular formula is C18H18N2O4S. The number of benzene rings is 2. The van der Waals surface area contributed by atoms with E-state index in [1.54, 1.807) is 41.3 Å². The van der Waals surface area contributed by atoms with E-state index in [-0.39, 0.29) is 10.8 Å². The molecule has 1 fully saturated rings. The van der Waals surface area contributed by atoms with Gasteiger partial charge in [-0.25, -0.2) is 8.42 Å². The summed E-state index contributed by atoms with van der Waals surface area (Å²) >= 11 is 0. The lowest BCUT2D eigenvalue weighted by atomic mass is 10.2. The summed E-state index contributed by atoms with van der Waals surface area (Å²) in [6, 6.07) is 11.9. The highest BCUT2D eigenvalue weighted by atomic mass is 32.2. The molecular weight excluding hydrogens is 340 g/mol. The number of para-hydroxylation sites is 2. The van der Waals surface area contributed by atoms with Crippen LogP contribution in [0.1, 0.15) is 18.4 Å². The summed E-state index contributed by atoms with van der Waals surface area (Å²) in [7, 11) is -3.75. The van der Waals surface area contributed by atoms with Crippen LogP contribution < -0.4 is 14.4 Å². The van der Waals surface area contributed by atoms with Gasteiger partial charge in [-0.15, -0.1) is 0 Å². The minimum Gasteiger partial charge on any atom is -0.493 e. The Morgan fingerprint density at radius 3 is 2.72 bits per heavy atom. The van der Waals surface area contributed by atoms with Gasteiger partial charge in [0.25, 0.3) is 10.0 Å².